The largest absolute Gasteiger partial charge is 0.304 e. The van der Waals surface area contributed by atoms with Gasteiger partial charge in [-0.05, 0) is 153 Å². The SMILES string of the molecule is [Ir].[c-]1ccc(-c2cccc(-c3cc(-c4ccccc4)cc(-c4ccccc4)c3)c2)cc1-c1nccc2cc3c(cc12)C1CC2CC(CC3C2)C1. The van der Waals surface area contributed by atoms with Gasteiger partial charge >= 0.3 is 0 Å². The van der Waals surface area contributed by atoms with E-state index in [4.69, 9.17) is 4.98 Å². The van der Waals surface area contributed by atoms with Gasteiger partial charge in [-0.2, -0.15) is 0 Å². The summed E-state index contributed by atoms with van der Waals surface area (Å²) in [6.07, 6.45) is 8.99. The number of aromatic nitrogens is 1. The molecule has 2 unspecified atom stereocenters. The average Bonchev–Trinajstić information content (AvgIpc) is 3.33. The molecule has 1 radical (unpaired) electrons. The summed E-state index contributed by atoms with van der Waals surface area (Å²) in [4.78, 5) is 5.00. The van der Waals surface area contributed by atoms with Crippen molar-refractivity contribution in [1.82, 2.24) is 4.98 Å². The van der Waals surface area contributed by atoms with Crippen LogP contribution >= 0.6 is 0 Å². The van der Waals surface area contributed by atoms with Crippen LogP contribution in [-0.2, 0) is 20.1 Å². The predicted octanol–water partition coefficient (Wildman–Crippen LogP) is 12.8. The third-order valence-corrected chi connectivity index (χ3v) is 11.7. The third kappa shape index (κ3) is 5.65. The van der Waals surface area contributed by atoms with Gasteiger partial charge in [0.15, 0.2) is 0 Å². The molecule has 1 heterocycles. The van der Waals surface area contributed by atoms with E-state index in [1.165, 1.54) is 87.4 Å². The van der Waals surface area contributed by atoms with Crippen molar-refractivity contribution in [2.45, 2.75) is 43.9 Å². The van der Waals surface area contributed by atoms with Crippen LogP contribution in [0.3, 0.4) is 0 Å². The van der Waals surface area contributed by atoms with E-state index in [1.54, 1.807) is 11.1 Å². The molecule has 4 aliphatic carbocycles. The van der Waals surface area contributed by atoms with Gasteiger partial charge in [0.1, 0.15) is 0 Å². The Morgan fingerprint density at radius 2 is 0.980 bits per heavy atom. The predicted molar refractivity (Wildman–Crippen MR) is 203 cm³/mol. The number of hydrogen-bond donors (Lipinski definition) is 0. The van der Waals surface area contributed by atoms with Crippen LogP contribution < -0.4 is 0 Å². The molecule has 2 atom stereocenters. The van der Waals surface area contributed by atoms with Gasteiger partial charge < -0.3 is 4.98 Å². The van der Waals surface area contributed by atoms with E-state index in [9.17, 15) is 0 Å². The molecular weight excluding hydrogens is 783 g/mol. The zero-order valence-corrected chi connectivity index (χ0v) is 30.4. The summed E-state index contributed by atoms with van der Waals surface area (Å²) < 4.78 is 0. The number of hydrogen-bond acceptors (Lipinski definition) is 1. The molecule has 1 aromatic heterocycles. The molecule has 2 fully saturated rings. The number of rotatable bonds is 5. The first kappa shape index (κ1) is 31.4. The normalized spacial score (nSPS) is 20.2. The first-order valence-electron chi connectivity index (χ1n) is 18.0. The molecule has 0 N–H and O–H groups in total. The monoisotopic (exact) mass is 821 g/mol. The zero-order chi connectivity index (χ0) is 32.3. The Labute approximate surface area is 308 Å². The minimum absolute atomic E-state index is 0. The van der Waals surface area contributed by atoms with Crippen LogP contribution in [0.25, 0.3) is 66.5 Å². The summed E-state index contributed by atoms with van der Waals surface area (Å²) in [6.45, 7) is 0. The molecule has 6 aromatic carbocycles. The number of pyridine rings is 1. The quantitative estimate of drug-likeness (QED) is 0.158. The molecule has 2 heteroatoms. The Hall–Kier alpha value is -4.62. The number of benzene rings is 6. The maximum Gasteiger partial charge on any atom is 0.0167 e. The molecule has 0 aliphatic heterocycles. The molecule has 0 amide bonds. The fourth-order valence-electron chi connectivity index (χ4n) is 9.59. The van der Waals surface area contributed by atoms with E-state index in [-0.39, 0.29) is 20.1 Å². The van der Waals surface area contributed by atoms with Gasteiger partial charge in [0.25, 0.3) is 0 Å². The van der Waals surface area contributed by atoms with Crippen molar-refractivity contribution in [1.29, 1.82) is 0 Å². The second-order valence-corrected chi connectivity index (χ2v) is 14.8. The van der Waals surface area contributed by atoms with E-state index in [2.05, 4.69) is 146 Å². The van der Waals surface area contributed by atoms with Crippen molar-refractivity contribution in [2.24, 2.45) is 11.8 Å². The smallest absolute Gasteiger partial charge is 0.0167 e. The maximum atomic E-state index is 5.00. The Kier molecular flexibility index (Phi) is 8.11. The molecular formula is C48H38IrN-. The average molecular weight is 821 g/mol. The van der Waals surface area contributed by atoms with Gasteiger partial charge in [0.05, 0.1) is 0 Å². The summed E-state index contributed by atoms with van der Waals surface area (Å²) in [7, 11) is 0. The Bertz CT molecular complexity index is 2270. The van der Waals surface area contributed by atoms with Gasteiger partial charge in [0.2, 0.25) is 0 Å². The van der Waals surface area contributed by atoms with Crippen LogP contribution in [0.1, 0.15) is 55.1 Å². The number of fused-ring (bicyclic) bond motifs is 1. The molecule has 0 saturated heterocycles. The summed E-state index contributed by atoms with van der Waals surface area (Å²) in [5.74, 6) is 3.29. The number of nitrogens with zero attached hydrogens (tertiary/aromatic N) is 1. The van der Waals surface area contributed by atoms with Gasteiger partial charge in [-0.3, -0.25) is 0 Å². The Morgan fingerprint density at radius 1 is 0.460 bits per heavy atom. The second kappa shape index (κ2) is 12.9. The van der Waals surface area contributed by atoms with Crippen LogP contribution in [0, 0.1) is 17.9 Å². The van der Waals surface area contributed by atoms with Crippen molar-refractivity contribution < 1.29 is 20.1 Å². The molecule has 11 rings (SSSR count). The zero-order valence-electron chi connectivity index (χ0n) is 28.0. The fraction of sp³-hybridized carbons (Fsp3) is 0.188. The Morgan fingerprint density at radius 3 is 1.62 bits per heavy atom. The first-order valence-corrected chi connectivity index (χ1v) is 18.0. The van der Waals surface area contributed by atoms with Crippen molar-refractivity contribution in [3.8, 4) is 55.8 Å². The summed E-state index contributed by atoms with van der Waals surface area (Å²) in [6, 6.07) is 54.7. The van der Waals surface area contributed by atoms with Gasteiger partial charge in [-0.15, -0.1) is 35.4 Å². The van der Waals surface area contributed by atoms with Crippen LogP contribution in [-0.4, -0.2) is 4.98 Å². The standard InChI is InChI=1S/C48H38N.Ir/c1-3-9-33(10-4-1)40-26-41(34-11-5-2-6-12-34)28-42(27-40)37-15-7-13-35(24-37)36-14-8-16-39(25-36)48-47-30-46-44-22-31-19-32(23-44)21-43(20-31)45(46)29-38(47)17-18-49-48;/h1-15,17-18,24-32,43-44H,19-23H2;/q-1;. The molecule has 2 saturated carbocycles. The van der Waals surface area contributed by atoms with Crippen molar-refractivity contribution in [3.63, 3.8) is 0 Å². The molecule has 50 heavy (non-hydrogen) atoms. The van der Waals surface area contributed by atoms with Crippen LogP contribution in [0.5, 0.6) is 0 Å². The molecule has 4 aliphatic rings. The van der Waals surface area contributed by atoms with E-state index in [1.807, 2.05) is 6.20 Å². The fourth-order valence-corrected chi connectivity index (χ4v) is 9.59. The minimum Gasteiger partial charge on any atom is -0.304 e. The van der Waals surface area contributed by atoms with Crippen molar-refractivity contribution >= 4 is 10.8 Å². The van der Waals surface area contributed by atoms with E-state index in [0.717, 1.165) is 29.0 Å². The van der Waals surface area contributed by atoms with Crippen LogP contribution in [0.15, 0.2) is 146 Å². The van der Waals surface area contributed by atoms with Crippen molar-refractivity contribution in [3.05, 3.63) is 163 Å². The Balaban J connectivity index is 0.00000336. The first-order chi connectivity index (χ1) is 24.2. The van der Waals surface area contributed by atoms with Crippen LogP contribution in [0.2, 0.25) is 0 Å². The van der Waals surface area contributed by atoms with E-state index >= 15 is 0 Å². The summed E-state index contributed by atoms with van der Waals surface area (Å²) in [5.41, 5.74) is 15.1. The summed E-state index contributed by atoms with van der Waals surface area (Å²) >= 11 is 0. The van der Waals surface area contributed by atoms with Crippen molar-refractivity contribution in [2.75, 3.05) is 0 Å². The minimum atomic E-state index is 0. The molecule has 1 nitrogen and oxygen atoms in total. The molecule has 7 aromatic rings. The third-order valence-electron chi connectivity index (χ3n) is 11.7. The molecule has 4 bridgehead atoms. The summed E-state index contributed by atoms with van der Waals surface area (Å²) in [5, 5.41) is 2.59. The van der Waals surface area contributed by atoms with E-state index in [0.29, 0.717) is 5.92 Å². The van der Waals surface area contributed by atoms with Gasteiger partial charge in [-0.1, -0.05) is 91.0 Å². The molecule has 0 spiro atoms. The van der Waals surface area contributed by atoms with Crippen LogP contribution in [0.4, 0.5) is 0 Å². The topological polar surface area (TPSA) is 12.9 Å². The molecule has 245 valence electrons. The maximum absolute atomic E-state index is 5.00. The van der Waals surface area contributed by atoms with Gasteiger partial charge in [0, 0.05) is 26.3 Å². The van der Waals surface area contributed by atoms with Gasteiger partial charge in [-0.25, -0.2) is 0 Å². The van der Waals surface area contributed by atoms with E-state index < -0.39 is 0 Å². The second-order valence-electron chi connectivity index (χ2n) is 14.8.